The molecule has 0 unspecified atom stereocenters. The molecule has 0 aliphatic heterocycles. The van der Waals surface area contributed by atoms with Gasteiger partial charge < -0.3 is 10.4 Å². The highest BCUT2D eigenvalue weighted by molar-refractivity contribution is 7.90. The highest BCUT2D eigenvalue weighted by atomic mass is 32.2. The molecule has 0 bridgehead atoms. The van der Waals surface area contributed by atoms with Gasteiger partial charge in [-0.05, 0) is 30.2 Å². The molecule has 2 N–H and O–H groups in total. The van der Waals surface area contributed by atoms with Crippen LogP contribution in [-0.4, -0.2) is 25.4 Å². The second-order valence-electron chi connectivity index (χ2n) is 4.52. The minimum absolute atomic E-state index is 0.119. The zero-order valence-electron chi connectivity index (χ0n) is 11.1. The number of hydrogen-bond donors (Lipinski definition) is 2. The summed E-state index contributed by atoms with van der Waals surface area (Å²) in [5, 5.41) is 7.85. The summed E-state index contributed by atoms with van der Waals surface area (Å²) in [5.41, 5.74) is 1.56. The SMILES string of the molecule is CC(=N)c1c(-c2ccc(=O)[nH]c2)cccc1S(C)(=O)=O. The lowest BCUT2D eigenvalue weighted by molar-refractivity contribution is 0.601. The van der Waals surface area contributed by atoms with Crippen LogP contribution in [0.5, 0.6) is 0 Å². The maximum atomic E-state index is 11.8. The molecule has 0 atom stereocenters. The van der Waals surface area contributed by atoms with Gasteiger partial charge in [0, 0.05) is 29.8 Å². The molecule has 104 valence electrons. The molecular formula is C14H14N2O3S. The minimum Gasteiger partial charge on any atom is -0.328 e. The zero-order chi connectivity index (χ0) is 14.9. The van der Waals surface area contributed by atoms with Crippen LogP contribution >= 0.6 is 0 Å². The smallest absolute Gasteiger partial charge is 0.247 e. The molecule has 0 aliphatic rings. The fraction of sp³-hybridized carbons (Fsp3) is 0.143. The number of pyridine rings is 1. The van der Waals surface area contributed by atoms with Gasteiger partial charge in [-0.15, -0.1) is 0 Å². The average molecular weight is 290 g/mol. The lowest BCUT2D eigenvalue weighted by Gasteiger charge is -2.12. The van der Waals surface area contributed by atoms with Crippen LogP contribution in [0.2, 0.25) is 0 Å². The van der Waals surface area contributed by atoms with E-state index < -0.39 is 9.84 Å². The fourth-order valence-corrected chi connectivity index (χ4v) is 3.01. The lowest BCUT2D eigenvalue weighted by atomic mass is 9.98. The molecular weight excluding hydrogens is 276 g/mol. The summed E-state index contributed by atoms with van der Waals surface area (Å²) in [4.78, 5) is 13.8. The highest BCUT2D eigenvalue weighted by Gasteiger charge is 2.18. The van der Waals surface area contributed by atoms with Crippen molar-refractivity contribution in [2.24, 2.45) is 0 Å². The van der Waals surface area contributed by atoms with Crippen LogP contribution < -0.4 is 5.56 Å². The van der Waals surface area contributed by atoms with Crippen molar-refractivity contribution < 1.29 is 8.42 Å². The Bertz CT molecular complexity index is 815. The number of nitrogens with one attached hydrogen (secondary N) is 2. The Labute approximate surface area is 116 Å². The topological polar surface area (TPSA) is 90.8 Å². The van der Waals surface area contributed by atoms with Gasteiger partial charge in [0.15, 0.2) is 9.84 Å². The molecule has 2 aromatic rings. The van der Waals surface area contributed by atoms with Crippen LogP contribution in [0.25, 0.3) is 11.1 Å². The molecule has 6 heteroatoms. The van der Waals surface area contributed by atoms with E-state index in [1.54, 1.807) is 25.1 Å². The van der Waals surface area contributed by atoms with Gasteiger partial charge in [0.1, 0.15) is 0 Å². The second kappa shape index (κ2) is 5.05. The summed E-state index contributed by atoms with van der Waals surface area (Å²) in [7, 11) is -3.43. The number of aromatic amines is 1. The van der Waals surface area contributed by atoms with Gasteiger partial charge in [0.25, 0.3) is 0 Å². The summed E-state index contributed by atoms with van der Waals surface area (Å²) >= 11 is 0. The summed E-state index contributed by atoms with van der Waals surface area (Å²) < 4.78 is 23.7. The van der Waals surface area contributed by atoms with Gasteiger partial charge in [-0.25, -0.2) is 8.42 Å². The fourth-order valence-electron chi connectivity index (χ4n) is 2.05. The van der Waals surface area contributed by atoms with Crippen LogP contribution in [0, 0.1) is 5.41 Å². The monoisotopic (exact) mass is 290 g/mol. The molecule has 1 aromatic heterocycles. The van der Waals surface area contributed by atoms with Gasteiger partial charge in [-0.2, -0.15) is 0 Å². The Morgan fingerprint density at radius 3 is 2.40 bits per heavy atom. The summed E-state index contributed by atoms with van der Waals surface area (Å²) in [6.45, 7) is 1.54. The molecule has 0 aliphatic carbocycles. The third-order valence-electron chi connectivity index (χ3n) is 2.90. The van der Waals surface area contributed by atoms with Gasteiger partial charge in [-0.1, -0.05) is 12.1 Å². The minimum atomic E-state index is -3.43. The summed E-state index contributed by atoms with van der Waals surface area (Å²) in [6, 6.07) is 7.81. The average Bonchev–Trinajstić information content (AvgIpc) is 2.37. The third-order valence-corrected chi connectivity index (χ3v) is 4.04. The van der Waals surface area contributed by atoms with Crippen molar-refractivity contribution in [1.82, 2.24) is 4.98 Å². The molecule has 0 saturated heterocycles. The molecule has 0 saturated carbocycles. The first-order valence-electron chi connectivity index (χ1n) is 5.88. The maximum Gasteiger partial charge on any atom is 0.247 e. The molecule has 2 rings (SSSR count). The van der Waals surface area contributed by atoms with Crippen LogP contribution in [0.15, 0.2) is 46.2 Å². The highest BCUT2D eigenvalue weighted by Crippen LogP contribution is 2.28. The number of benzene rings is 1. The largest absolute Gasteiger partial charge is 0.328 e. The van der Waals surface area contributed by atoms with E-state index in [0.29, 0.717) is 16.7 Å². The van der Waals surface area contributed by atoms with Crippen LogP contribution in [0.1, 0.15) is 12.5 Å². The van der Waals surface area contributed by atoms with Crippen molar-refractivity contribution in [3.8, 4) is 11.1 Å². The van der Waals surface area contributed by atoms with Crippen LogP contribution in [-0.2, 0) is 9.84 Å². The van der Waals surface area contributed by atoms with E-state index in [1.165, 1.54) is 18.3 Å². The Morgan fingerprint density at radius 2 is 1.90 bits per heavy atom. The molecule has 1 heterocycles. The van der Waals surface area contributed by atoms with E-state index in [1.807, 2.05) is 0 Å². The number of sulfone groups is 1. The van der Waals surface area contributed by atoms with Crippen molar-refractivity contribution in [1.29, 1.82) is 5.41 Å². The molecule has 0 spiro atoms. The van der Waals surface area contributed by atoms with Crippen molar-refractivity contribution in [2.75, 3.05) is 6.26 Å². The van der Waals surface area contributed by atoms with E-state index in [4.69, 9.17) is 5.41 Å². The quantitative estimate of drug-likeness (QED) is 0.845. The van der Waals surface area contributed by atoms with E-state index in [2.05, 4.69) is 4.98 Å². The zero-order valence-corrected chi connectivity index (χ0v) is 11.9. The predicted octanol–water partition coefficient (Wildman–Crippen LogP) is 1.83. The van der Waals surface area contributed by atoms with Crippen molar-refractivity contribution in [3.63, 3.8) is 0 Å². The summed E-state index contributed by atoms with van der Waals surface area (Å²) in [5.74, 6) is 0. The molecule has 0 radical (unpaired) electrons. The van der Waals surface area contributed by atoms with Gasteiger partial charge >= 0.3 is 0 Å². The first-order valence-corrected chi connectivity index (χ1v) is 7.77. The van der Waals surface area contributed by atoms with E-state index in [0.717, 1.165) is 6.26 Å². The number of aromatic nitrogens is 1. The molecule has 0 amide bonds. The van der Waals surface area contributed by atoms with Crippen LogP contribution in [0.3, 0.4) is 0 Å². The number of rotatable bonds is 3. The molecule has 0 fully saturated rings. The first-order chi connectivity index (χ1) is 9.30. The van der Waals surface area contributed by atoms with Crippen LogP contribution in [0.4, 0.5) is 0 Å². The normalized spacial score (nSPS) is 11.3. The van der Waals surface area contributed by atoms with E-state index >= 15 is 0 Å². The van der Waals surface area contributed by atoms with Crippen molar-refractivity contribution >= 4 is 15.5 Å². The van der Waals surface area contributed by atoms with Crippen molar-refractivity contribution in [3.05, 3.63) is 52.4 Å². The standard InChI is InChI=1S/C14H14N2O3S/c1-9(15)14-11(10-6-7-13(17)16-8-10)4-3-5-12(14)20(2,18)19/h3-8,15H,1-2H3,(H,16,17). The predicted molar refractivity (Wildman–Crippen MR) is 78.1 cm³/mol. The Morgan fingerprint density at radius 1 is 1.20 bits per heavy atom. The molecule has 5 nitrogen and oxygen atoms in total. The number of hydrogen-bond acceptors (Lipinski definition) is 4. The second-order valence-corrected chi connectivity index (χ2v) is 6.50. The van der Waals surface area contributed by atoms with Gasteiger partial charge in [0.2, 0.25) is 5.56 Å². The lowest BCUT2D eigenvalue weighted by Crippen LogP contribution is -2.08. The van der Waals surface area contributed by atoms with E-state index in [-0.39, 0.29) is 16.2 Å². The van der Waals surface area contributed by atoms with E-state index in [9.17, 15) is 13.2 Å². The Hall–Kier alpha value is -2.21. The summed E-state index contributed by atoms with van der Waals surface area (Å²) in [6.07, 6.45) is 2.63. The maximum absolute atomic E-state index is 11.8. The Balaban J connectivity index is 2.81. The Kier molecular flexibility index (Phi) is 3.59. The first kappa shape index (κ1) is 14.2. The van der Waals surface area contributed by atoms with Gasteiger partial charge in [0.05, 0.1) is 4.90 Å². The van der Waals surface area contributed by atoms with Crippen molar-refractivity contribution in [2.45, 2.75) is 11.8 Å². The van der Waals surface area contributed by atoms with Gasteiger partial charge in [-0.3, -0.25) is 4.79 Å². The number of H-pyrrole nitrogens is 1. The third kappa shape index (κ3) is 2.70. The molecule has 1 aromatic carbocycles. The molecule has 20 heavy (non-hydrogen) atoms.